The number of anilines is 3. The molecule has 0 fully saturated rings. The van der Waals surface area contributed by atoms with E-state index in [4.69, 9.17) is 16.3 Å². The number of ketones is 1. The molecule has 3 aromatic rings. The number of Topliss-reactive ketones (excluding diaryl/α,β-unsaturated/α-hetero) is 1. The minimum Gasteiger partial charge on any atom is -0.459 e. The largest absolute Gasteiger partial charge is 0.459 e. The molecule has 0 unspecified atom stereocenters. The zero-order valence-corrected chi connectivity index (χ0v) is 22.0. The van der Waals surface area contributed by atoms with Gasteiger partial charge in [-0.3, -0.25) is 19.2 Å². The molecule has 10 heteroatoms. The van der Waals surface area contributed by atoms with Crippen LogP contribution < -0.4 is 15.5 Å². The number of esters is 1. The molecule has 0 saturated heterocycles. The molecule has 39 heavy (non-hydrogen) atoms. The Balaban J connectivity index is 1.48. The highest BCUT2D eigenvalue weighted by atomic mass is 35.5. The highest BCUT2D eigenvalue weighted by Crippen LogP contribution is 2.30. The molecule has 9 nitrogen and oxygen atoms in total. The van der Waals surface area contributed by atoms with Crippen LogP contribution in [0.2, 0.25) is 0 Å². The number of carbonyl (C=O) groups excluding carboxylic acids is 5. The molecule has 198 valence electrons. The Hall–Kier alpha value is -4.76. The minimum atomic E-state index is -0.732. The van der Waals surface area contributed by atoms with Crippen LogP contribution in [0, 0.1) is 0 Å². The van der Waals surface area contributed by atoms with Crippen LogP contribution in [0.3, 0.4) is 0 Å². The second-order valence-electron chi connectivity index (χ2n) is 8.93. The summed E-state index contributed by atoms with van der Waals surface area (Å²) in [5, 5.41) is 5.27. The first-order valence-corrected chi connectivity index (χ1v) is 12.3. The van der Waals surface area contributed by atoms with Gasteiger partial charge in [0, 0.05) is 22.5 Å². The van der Waals surface area contributed by atoms with Crippen LogP contribution in [-0.2, 0) is 14.3 Å². The van der Waals surface area contributed by atoms with E-state index >= 15 is 0 Å². The monoisotopic (exact) mass is 545 g/mol. The fraction of sp³-hybridized carbons (Fsp3) is 0.138. The van der Waals surface area contributed by atoms with Crippen LogP contribution in [0.25, 0.3) is 0 Å². The molecule has 2 N–H and O–H groups in total. The number of hydrogen-bond acceptors (Lipinski definition) is 7. The van der Waals surface area contributed by atoms with Gasteiger partial charge in [-0.1, -0.05) is 17.7 Å². The number of halogens is 1. The van der Waals surface area contributed by atoms with Gasteiger partial charge in [0.05, 0.1) is 17.4 Å². The molecular weight excluding hydrogens is 522 g/mol. The van der Waals surface area contributed by atoms with Gasteiger partial charge in [-0.15, -0.1) is 0 Å². The molecule has 0 bridgehead atoms. The van der Waals surface area contributed by atoms with Crippen LogP contribution in [0.15, 0.2) is 83.5 Å². The van der Waals surface area contributed by atoms with Gasteiger partial charge in [0.1, 0.15) is 10.7 Å². The van der Waals surface area contributed by atoms with Crippen molar-refractivity contribution in [2.75, 3.05) is 15.5 Å². The van der Waals surface area contributed by atoms with Gasteiger partial charge in [0.15, 0.2) is 5.78 Å². The highest BCUT2D eigenvalue weighted by molar-refractivity contribution is 6.53. The van der Waals surface area contributed by atoms with E-state index in [2.05, 4.69) is 10.6 Å². The molecule has 1 heterocycles. The first-order chi connectivity index (χ1) is 18.5. The number of nitrogens with one attached hydrogen (secondary N) is 2. The smallest absolute Gasteiger partial charge is 0.338 e. The number of amides is 3. The van der Waals surface area contributed by atoms with Gasteiger partial charge in [0.25, 0.3) is 17.7 Å². The van der Waals surface area contributed by atoms with E-state index in [0.717, 1.165) is 4.90 Å². The molecular formula is C29H24ClN3O6. The predicted octanol–water partition coefficient (Wildman–Crippen LogP) is 5.14. The number of nitrogens with zero attached hydrogens (tertiary/aromatic N) is 1. The number of benzene rings is 3. The molecule has 1 aliphatic rings. The molecule has 0 radical (unpaired) electrons. The lowest BCUT2D eigenvalue weighted by Gasteiger charge is -2.16. The first kappa shape index (κ1) is 27.3. The zero-order chi connectivity index (χ0) is 28.3. The molecule has 3 amide bonds. The topological polar surface area (TPSA) is 122 Å². The van der Waals surface area contributed by atoms with Gasteiger partial charge in [-0.2, -0.15) is 0 Å². The van der Waals surface area contributed by atoms with Crippen molar-refractivity contribution in [3.05, 3.63) is 100 Å². The van der Waals surface area contributed by atoms with Gasteiger partial charge in [-0.05, 0) is 87.5 Å². The fourth-order valence-corrected chi connectivity index (χ4v) is 3.96. The lowest BCUT2D eigenvalue weighted by atomic mass is 10.1. The molecule has 3 aromatic carbocycles. The highest BCUT2D eigenvalue weighted by Gasteiger charge is 2.39. The van der Waals surface area contributed by atoms with Crippen LogP contribution in [0.5, 0.6) is 0 Å². The van der Waals surface area contributed by atoms with E-state index in [9.17, 15) is 24.0 Å². The SMILES string of the molecule is CC(=O)c1ccc(NC(=O)c2cccc(NC3=C(Cl)C(=O)N(c4ccc(C(=O)OC(C)C)cc4)C3=O)c2)cc1. The molecule has 0 saturated carbocycles. The van der Waals surface area contributed by atoms with Gasteiger partial charge < -0.3 is 15.4 Å². The molecule has 0 spiro atoms. The van der Waals surface area contributed by atoms with E-state index in [1.807, 2.05) is 0 Å². The van der Waals surface area contributed by atoms with Crippen molar-refractivity contribution in [2.45, 2.75) is 26.9 Å². The normalized spacial score (nSPS) is 13.1. The summed E-state index contributed by atoms with van der Waals surface area (Å²) in [6.45, 7) is 4.92. The molecule has 1 aliphatic heterocycles. The quantitative estimate of drug-likeness (QED) is 0.228. The maximum atomic E-state index is 13.1. The third-order valence-corrected chi connectivity index (χ3v) is 6.03. The van der Waals surface area contributed by atoms with Crippen molar-refractivity contribution in [1.82, 2.24) is 0 Å². The molecule has 4 rings (SSSR count). The summed E-state index contributed by atoms with van der Waals surface area (Å²) in [7, 11) is 0. The van der Waals surface area contributed by atoms with E-state index in [0.29, 0.717) is 16.9 Å². The Bertz CT molecular complexity index is 1510. The summed E-state index contributed by atoms with van der Waals surface area (Å²) in [4.78, 5) is 63.2. The van der Waals surface area contributed by atoms with Crippen LogP contribution in [0.1, 0.15) is 51.8 Å². The van der Waals surface area contributed by atoms with Crippen molar-refractivity contribution >= 4 is 58.1 Å². The Kier molecular flexibility index (Phi) is 7.92. The third kappa shape index (κ3) is 6.05. The number of ether oxygens (including phenoxy) is 1. The van der Waals surface area contributed by atoms with Crippen molar-refractivity contribution < 1.29 is 28.7 Å². The van der Waals surface area contributed by atoms with Crippen molar-refractivity contribution in [2.24, 2.45) is 0 Å². The summed E-state index contributed by atoms with van der Waals surface area (Å²) in [6.07, 6.45) is -0.292. The summed E-state index contributed by atoms with van der Waals surface area (Å²) in [5.74, 6) is -2.44. The zero-order valence-electron chi connectivity index (χ0n) is 21.3. The van der Waals surface area contributed by atoms with Crippen molar-refractivity contribution in [3.63, 3.8) is 0 Å². The standard InChI is InChI=1S/C29H24ClN3O6/c1-16(2)39-29(38)19-9-13-23(14-10-19)33-27(36)24(30)25(28(33)37)31-22-6-4-5-20(15-22)26(35)32-21-11-7-18(8-12-21)17(3)34/h4-16,31H,1-3H3,(H,32,35). The van der Waals surface area contributed by atoms with Crippen molar-refractivity contribution in [1.29, 1.82) is 0 Å². The summed E-state index contributed by atoms with van der Waals surface area (Å²) < 4.78 is 5.15. The minimum absolute atomic E-state index is 0.0820. The third-order valence-electron chi connectivity index (χ3n) is 5.67. The first-order valence-electron chi connectivity index (χ1n) is 11.9. The number of carbonyl (C=O) groups is 5. The second kappa shape index (κ2) is 11.3. The summed E-state index contributed by atoms with van der Waals surface area (Å²) in [6, 6.07) is 18.6. The Morgan fingerprint density at radius 3 is 2.08 bits per heavy atom. The van der Waals surface area contributed by atoms with E-state index in [1.54, 1.807) is 56.3 Å². The molecule has 0 atom stereocenters. The Morgan fingerprint density at radius 1 is 0.821 bits per heavy atom. The van der Waals surface area contributed by atoms with Gasteiger partial charge >= 0.3 is 5.97 Å². The van der Waals surface area contributed by atoms with Gasteiger partial charge in [0.2, 0.25) is 0 Å². The lowest BCUT2D eigenvalue weighted by molar-refractivity contribution is -0.120. The summed E-state index contributed by atoms with van der Waals surface area (Å²) >= 11 is 6.23. The number of rotatable bonds is 8. The predicted molar refractivity (Wildman–Crippen MR) is 147 cm³/mol. The van der Waals surface area contributed by atoms with E-state index in [1.165, 1.54) is 37.3 Å². The van der Waals surface area contributed by atoms with Crippen molar-refractivity contribution in [3.8, 4) is 0 Å². The maximum absolute atomic E-state index is 13.1. The average Bonchev–Trinajstić information content (AvgIpc) is 3.11. The second-order valence-corrected chi connectivity index (χ2v) is 9.31. The Morgan fingerprint density at radius 2 is 1.46 bits per heavy atom. The molecule has 0 aliphatic carbocycles. The Labute approximate surface area is 229 Å². The van der Waals surface area contributed by atoms with Crippen LogP contribution in [0.4, 0.5) is 17.1 Å². The average molecular weight is 546 g/mol. The van der Waals surface area contributed by atoms with Gasteiger partial charge in [-0.25, -0.2) is 9.69 Å². The lowest BCUT2D eigenvalue weighted by Crippen LogP contribution is -2.32. The summed E-state index contributed by atoms with van der Waals surface area (Å²) in [5.41, 5.74) is 2.02. The molecule has 0 aromatic heterocycles. The number of hydrogen-bond donors (Lipinski definition) is 2. The van der Waals surface area contributed by atoms with E-state index < -0.39 is 23.7 Å². The van der Waals surface area contributed by atoms with Crippen LogP contribution >= 0.6 is 11.6 Å². The maximum Gasteiger partial charge on any atom is 0.338 e. The van der Waals surface area contributed by atoms with Crippen LogP contribution in [-0.4, -0.2) is 35.6 Å². The van der Waals surface area contributed by atoms with E-state index in [-0.39, 0.29) is 39.4 Å². The number of imide groups is 1. The fourth-order valence-electron chi connectivity index (χ4n) is 3.75.